The summed E-state index contributed by atoms with van der Waals surface area (Å²) in [5.41, 5.74) is -0.239. The van der Waals surface area contributed by atoms with E-state index in [1.165, 1.54) is 20.0 Å². The molecule has 0 heterocycles. The highest BCUT2D eigenvalue weighted by atomic mass is 28.4. The van der Waals surface area contributed by atoms with Crippen LogP contribution in [0.2, 0.25) is 18.1 Å². The van der Waals surface area contributed by atoms with Gasteiger partial charge in [-0.3, -0.25) is 4.79 Å². The Morgan fingerprint density at radius 3 is 2.50 bits per heavy atom. The van der Waals surface area contributed by atoms with Gasteiger partial charge in [-0.25, -0.2) is 0 Å². The molecule has 0 aromatic heterocycles. The fourth-order valence-electron chi connectivity index (χ4n) is 3.21. The standard InChI is InChI=1S/C18H34O3Si/c1-8-12-18(21-22(6,7)17(2,3)4)13-10-9-11-15(18)14-16(19)20-5/h8,15H,1,9-14H2,2-7H3/t15-,18-/m0/s1. The lowest BCUT2D eigenvalue weighted by atomic mass is 9.72. The average Bonchev–Trinajstić information content (AvgIpc) is 2.39. The Morgan fingerprint density at radius 1 is 1.36 bits per heavy atom. The lowest BCUT2D eigenvalue weighted by molar-refractivity contribution is -0.145. The van der Waals surface area contributed by atoms with Gasteiger partial charge in [0.1, 0.15) is 0 Å². The molecular weight excluding hydrogens is 292 g/mol. The van der Waals surface area contributed by atoms with Crippen molar-refractivity contribution in [1.82, 2.24) is 0 Å². The summed E-state index contributed by atoms with van der Waals surface area (Å²) in [5.74, 6) is 0.111. The molecule has 128 valence electrons. The van der Waals surface area contributed by atoms with Crippen LogP contribution in [0.3, 0.4) is 0 Å². The summed E-state index contributed by atoms with van der Waals surface area (Å²) in [5, 5.41) is 0.161. The fraction of sp³-hybridized carbons (Fsp3) is 0.833. The second-order valence-electron chi connectivity index (χ2n) is 8.14. The Bertz CT molecular complexity index is 398. The first-order valence-corrected chi connectivity index (χ1v) is 11.4. The molecule has 1 saturated carbocycles. The summed E-state index contributed by atoms with van der Waals surface area (Å²) in [4.78, 5) is 11.8. The van der Waals surface area contributed by atoms with Gasteiger partial charge in [-0.2, -0.15) is 0 Å². The van der Waals surface area contributed by atoms with Gasteiger partial charge in [0.15, 0.2) is 8.32 Å². The average molecular weight is 327 g/mol. The zero-order valence-electron chi connectivity index (χ0n) is 15.3. The topological polar surface area (TPSA) is 35.5 Å². The largest absolute Gasteiger partial charge is 0.469 e. The Labute approximate surface area is 137 Å². The minimum atomic E-state index is -1.90. The second-order valence-corrected chi connectivity index (χ2v) is 12.9. The first kappa shape index (κ1) is 19.4. The first-order valence-electron chi connectivity index (χ1n) is 8.46. The molecule has 22 heavy (non-hydrogen) atoms. The van der Waals surface area contributed by atoms with Crippen LogP contribution >= 0.6 is 0 Å². The van der Waals surface area contributed by atoms with Gasteiger partial charge in [-0.1, -0.05) is 39.7 Å². The number of rotatable bonds is 6. The lowest BCUT2D eigenvalue weighted by Gasteiger charge is -2.51. The number of methoxy groups -OCH3 is 1. The van der Waals surface area contributed by atoms with Crippen molar-refractivity contribution in [2.24, 2.45) is 5.92 Å². The quantitative estimate of drug-likeness (QED) is 0.388. The number of esters is 1. The van der Waals surface area contributed by atoms with E-state index in [9.17, 15) is 4.79 Å². The Balaban J connectivity index is 3.09. The highest BCUT2D eigenvalue weighted by Gasteiger charge is 2.49. The van der Waals surface area contributed by atoms with Crippen LogP contribution in [0.5, 0.6) is 0 Å². The molecule has 1 rings (SSSR count). The Morgan fingerprint density at radius 2 is 2.00 bits per heavy atom. The van der Waals surface area contributed by atoms with E-state index in [4.69, 9.17) is 9.16 Å². The van der Waals surface area contributed by atoms with Crippen molar-refractivity contribution in [3.05, 3.63) is 12.7 Å². The third kappa shape index (κ3) is 4.45. The first-order chi connectivity index (χ1) is 10.1. The molecule has 2 atom stereocenters. The monoisotopic (exact) mass is 326 g/mol. The smallest absolute Gasteiger partial charge is 0.305 e. The molecule has 0 aromatic carbocycles. The maximum Gasteiger partial charge on any atom is 0.305 e. The SMILES string of the molecule is C=CC[C@]1(O[Si](C)(C)C(C)(C)C)CCCC[C@H]1CC(=O)OC. The van der Waals surface area contributed by atoms with Crippen LogP contribution in [0.1, 0.15) is 59.3 Å². The number of carbonyl (C=O) groups excluding carboxylic acids is 1. The van der Waals surface area contributed by atoms with Crippen molar-refractivity contribution < 1.29 is 14.0 Å². The van der Waals surface area contributed by atoms with Gasteiger partial charge in [0, 0.05) is 0 Å². The minimum Gasteiger partial charge on any atom is -0.469 e. The lowest BCUT2D eigenvalue weighted by Crippen LogP contribution is -2.54. The molecule has 1 aliphatic rings. The van der Waals surface area contributed by atoms with Gasteiger partial charge in [0.2, 0.25) is 0 Å². The molecule has 1 aliphatic carbocycles. The Kier molecular flexibility index (Phi) is 6.45. The van der Waals surface area contributed by atoms with Crippen LogP contribution in [0.15, 0.2) is 12.7 Å². The molecule has 0 amide bonds. The van der Waals surface area contributed by atoms with Gasteiger partial charge < -0.3 is 9.16 Å². The number of carbonyl (C=O) groups is 1. The van der Waals surface area contributed by atoms with Crippen molar-refractivity contribution in [3.63, 3.8) is 0 Å². The van der Waals surface area contributed by atoms with E-state index in [-0.39, 0.29) is 22.5 Å². The van der Waals surface area contributed by atoms with Crippen LogP contribution < -0.4 is 0 Å². The summed E-state index contributed by atoms with van der Waals surface area (Å²) in [6.45, 7) is 15.3. The number of hydrogen-bond acceptors (Lipinski definition) is 3. The minimum absolute atomic E-state index is 0.126. The molecule has 4 heteroatoms. The van der Waals surface area contributed by atoms with Crippen molar-refractivity contribution in [1.29, 1.82) is 0 Å². The van der Waals surface area contributed by atoms with Crippen molar-refractivity contribution in [2.75, 3.05) is 7.11 Å². The zero-order chi connectivity index (χ0) is 17.0. The molecule has 0 aromatic rings. The van der Waals surface area contributed by atoms with Crippen LogP contribution in [0, 0.1) is 5.92 Å². The molecular formula is C18H34O3Si. The molecule has 0 N–H and O–H groups in total. The maximum atomic E-state index is 11.8. The molecule has 0 radical (unpaired) electrons. The number of hydrogen-bond donors (Lipinski definition) is 0. The Hall–Kier alpha value is -0.613. The predicted molar refractivity (Wildman–Crippen MR) is 94.4 cm³/mol. The van der Waals surface area contributed by atoms with E-state index in [0.29, 0.717) is 6.42 Å². The van der Waals surface area contributed by atoms with Crippen LogP contribution in [-0.4, -0.2) is 27.0 Å². The summed E-state index contributed by atoms with van der Waals surface area (Å²) in [6.07, 6.45) is 7.63. The van der Waals surface area contributed by atoms with Crippen molar-refractivity contribution in [3.8, 4) is 0 Å². The molecule has 3 nitrogen and oxygen atoms in total. The van der Waals surface area contributed by atoms with Gasteiger partial charge in [0.05, 0.1) is 19.1 Å². The van der Waals surface area contributed by atoms with E-state index in [1.807, 2.05) is 6.08 Å². The number of ether oxygens (including phenoxy) is 1. The zero-order valence-corrected chi connectivity index (χ0v) is 16.3. The third-order valence-electron chi connectivity index (χ3n) is 5.54. The van der Waals surface area contributed by atoms with E-state index < -0.39 is 8.32 Å². The van der Waals surface area contributed by atoms with E-state index in [1.54, 1.807) is 0 Å². The van der Waals surface area contributed by atoms with Gasteiger partial charge >= 0.3 is 5.97 Å². The van der Waals surface area contributed by atoms with Crippen LogP contribution in [-0.2, 0) is 14.0 Å². The maximum absolute atomic E-state index is 11.8. The summed E-state index contributed by atoms with van der Waals surface area (Å²) < 4.78 is 11.8. The van der Waals surface area contributed by atoms with E-state index in [2.05, 4.69) is 40.4 Å². The van der Waals surface area contributed by atoms with Crippen molar-refractivity contribution >= 4 is 14.3 Å². The molecule has 0 aliphatic heterocycles. The fourth-order valence-corrected chi connectivity index (χ4v) is 4.88. The highest BCUT2D eigenvalue weighted by molar-refractivity contribution is 6.74. The van der Waals surface area contributed by atoms with E-state index in [0.717, 1.165) is 19.3 Å². The van der Waals surface area contributed by atoms with E-state index >= 15 is 0 Å². The molecule has 0 unspecified atom stereocenters. The summed E-state index contributed by atoms with van der Waals surface area (Å²) in [6, 6.07) is 0. The normalized spacial score (nSPS) is 26.5. The second kappa shape index (κ2) is 7.31. The van der Waals surface area contributed by atoms with Gasteiger partial charge in [-0.15, -0.1) is 6.58 Å². The van der Waals surface area contributed by atoms with Crippen LogP contribution in [0.25, 0.3) is 0 Å². The summed E-state index contributed by atoms with van der Waals surface area (Å²) >= 11 is 0. The molecule has 0 bridgehead atoms. The van der Waals surface area contributed by atoms with Gasteiger partial charge in [0.25, 0.3) is 0 Å². The molecule has 0 spiro atoms. The molecule has 0 saturated heterocycles. The summed E-state index contributed by atoms with van der Waals surface area (Å²) in [7, 11) is -0.438. The highest BCUT2D eigenvalue weighted by Crippen LogP contribution is 2.47. The molecule has 1 fully saturated rings. The third-order valence-corrected chi connectivity index (χ3v) is 10.1. The van der Waals surface area contributed by atoms with Crippen LogP contribution in [0.4, 0.5) is 0 Å². The van der Waals surface area contributed by atoms with Gasteiger partial charge in [-0.05, 0) is 43.3 Å². The van der Waals surface area contributed by atoms with Crippen molar-refractivity contribution in [2.45, 2.75) is 83.0 Å². The predicted octanol–water partition coefficient (Wildman–Crippen LogP) is 5.08.